The van der Waals surface area contributed by atoms with Crippen LogP contribution in [0.15, 0.2) is 48.5 Å². The molecule has 2 rings (SSSR count). The van der Waals surface area contributed by atoms with Gasteiger partial charge in [0.1, 0.15) is 5.82 Å². The second-order valence-electron chi connectivity index (χ2n) is 4.32. The summed E-state index contributed by atoms with van der Waals surface area (Å²) in [6.07, 6.45) is 0. The van der Waals surface area contributed by atoms with E-state index in [0.29, 0.717) is 5.69 Å². The summed E-state index contributed by atoms with van der Waals surface area (Å²) in [7, 11) is 0. The van der Waals surface area contributed by atoms with E-state index in [4.69, 9.17) is 5.11 Å². The van der Waals surface area contributed by atoms with Gasteiger partial charge in [-0.2, -0.15) is 0 Å². The standard InChI is InChI=1S/C15H13FN2O3/c16-12-5-7-13(8-6-12)18-15(21)17-9-10-1-3-11(4-2-10)14(19)20/h1-8H,9H2,(H,19,20)(H2,17,18,21). The maximum absolute atomic E-state index is 12.7. The lowest BCUT2D eigenvalue weighted by Gasteiger charge is -2.08. The van der Waals surface area contributed by atoms with Crippen LogP contribution in [0.5, 0.6) is 0 Å². The third-order valence-electron chi connectivity index (χ3n) is 2.76. The predicted molar refractivity (Wildman–Crippen MR) is 75.7 cm³/mol. The first-order chi connectivity index (χ1) is 10.0. The number of carbonyl (C=O) groups excluding carboxylic acids is 1. The Labute approximate surface area is 120 Å². The lowest BCUT2D eigenvalue weighted by atomic mass is 10.1. The Morgan fingerprint density at radius 3 is 2.19 bits per heavy atom. The fourth-order valence-corrected chi connectivity index (χ4v) is 1.66. The van der Waals surface area contributed by atoms with Gasteiger partial charge >= 0.3 is 12.0 Å². The molecule has 0 spiro atoms. The van der Waals surface area contributed by atoms with Crippen molar-refractivity contribution in [3.63, 3.8) is 0 Å². The average molecular weight is 288 g/mol. The van der Waals surface area contributed by atoms with Gasteiger partial charge in [0.05, 0.1) is 5.56 Å². The molecule has 108 valence electrons. The number of halogens is 1. The van der Waals surface area contributed by atoms with E-state index >= 15 is 0 Å². The molecule has 0 saturated heterocycles. The van der Waals surface area contributed by atoms with E-state index in [1.54, 1.807) is 12.1 Å². The minimum Gasteiger partial charge on any atom is -0.478 e. The van der Waals surface area contributed by atoms with Gasteiger partial charge in [-0.1, -0.05) is 12.1 Å². The van der Waals surface area contributed by atoms with E-state index in [1.807, 2.05) is 0 Å². The van der Waals surface area contributed by atoms with Crippen LogP contribution in [0.1, 0.15) is 15.9 Å². The number of aromatic carboxylic acids is 1. The van der Waals surface area contributed by atoms with Gasteiger partial charge in [0.15, 0.2) is 0 Å². The summed E-state index contributed by atoms with van der Waals surface area (Å²) in [5, 5.41) is 13.9. The summed E-state index contributed by atoms with van der Waals surface area (Å²) in [6, 6.07) is 11.2. The zero-order valence-corrected chi connectivity index (χ0v) is 11.0. The highest BCUT2D eigenvalue weighted by Gasteiger charge is 2.04. The van der Waals surface area contributed by atoms with Gasteiger partial charge in [0.25, 0.3) is 0 Å². The Bertz CT molecular complexity index is 639. The third-order valence-corrected chi connectivity index (χ3v) is 2.76. The van der Waals surface area contributed by atoms with Crippen molar-refractivity contribution in [2.75, 3.05) is 5.32 Å². The zero-order valence-electron chi connectivity index (χ0n) is 11.0. The molecule has 2 aromatic rings. The monoisotopic (exact) mass is 288 g/mol. The molecule has 0 aromatic heterocycles. The predicted octanol–water partition coefficient (Wildman–Crippen LogP) is 2.85. The molecule has 2 amide bonds. The van der Waals surface area contributed by atoms with Crippen LogP contribution in [0, 0.1) is 5.82 Å². The van der Waals surface area contributed by atoms with Crippen LogP contribution in [0.4, 0.5) is 14.9 Å². The first-order valence-corrected chi connectivity index (χ1v) is 6.17. The van der Waals surface area contributed by atoms with Gasteiger partial charge in [-0.25, -0.2) is 14.0 Å². The number of amides is 2. The molecular weight excluding hydrogens is 275 g/mol. The number of benzene rings is 2. The second-order valence-corrected chi connectivity index (χ2v) is 4.32. The van der Waals surface area contributed by atoms with Crippen molar-refractivity contribution >= 4 is 17.7 Å². The Hall–Kier alpha value is -2.89. The average Bonchev–Trinajstić information content (AvgIpc) is 2.48. The highest BCUT2D eigenvalue weighted by Crippen LogP contribution is 2.08. The first-order valence-electron chi connectivity index (χ1n) is 6.17. The van der Waals surface area contributed by atoms with Crippen LogP contribution >= 0.6 is 0 Å². The number of carbonyl (C=O) groups is 2. The van der Waals surface area contributed by atoms with Crippen LogP contribution in [0.25, 0.3) is 0 Å². The molecule has 0 fully saturated rings. The normalized spacial score (nSPS) is 9.95. The summed E-state index contributed by atoms with van der Waals surface area (Å²) < 4.78 is 12.7. The van der Waals surface area contributed by atoms with Gasteiger partial charge < -0.3 is 15.7 Å². The Morgan fingerprint density at radius 1 is 1.00 bits per heavy atom. The minimum atomic E-state index is -0.997. The SMILES string of the molecule is O=C(NCc1ccc(C(=O)O)cc1)Nc1ccc(F)cc1. The number of hydrogen-bond donors (Lipinski definition) is 3. The molecule has 5 nitrogen and oxygen atoms in total. The van der Waals surface area contributed by atoms with Crippen LogP contribution in [-0.4, -0.2) is 17.1 Å². The molecule has 0 heterocycles. The fraction of sp³-hybridized carbons (Fsp3) is 0.0667. The molecular formula is C15H13FN2O3. The summed E-state index contributed by atoms with van der Waals surface area (Å²) in [4.78, 5) is 22.3. The van der Waals surface area contributed by atoms with Gasteiger partial charge in [-0.05, 0) is 42.0 Å². The molecule has 0 saturated carbocycles. The van der Waals surface area contributed by atoms with E-state index in [0.717, 1.165) is 5.56 Å². The van der Waals surface area contributed by atoms with Crippen molar-refractivity contribution in [2.24, 2.45) is 0 Å². The van der Waals surface area contributed by atoms with E-state index in [9.17, 15) is 14.0 Å². The summed E-state index contributed by atoms with van der Waals surface area (Å²) in [5.74, 6) is -1.37. The Balaban J connectivity index is 1.86. The molecule has 6 heteroatoms. The molecule has 0 radical (unpaired) electrons. The summed E-state index contributed by atoms with van der Waals surface area (Å²) in [6.45, 7) is 0.257. The maximum Gasteiger partial charge on any atom is 0.335 e. The fourth-order valence-electron chi connectivity index (χ4n) is 1.66. The minimum absolute atomic E-state index is 0.189. The molecule has 0 aliphatic carbocycles. The van der Waals surface area contributed by atoms with E-state index in [2.05, 4.69) is 10.6 Å². The lowest BCUT2D eigenvalue weighted by molar-refractivity contribution is 0.0697. The third kappa shape index (κ3) is 4.31. The molecule has 0 aliphatic heterocycles. The summed E-state index contributed by atoms with van der Waals surface area (Å²) >= 11 is 0. The van der Waals surface area contributed by atoms with Gasteiger partial charge in [0, 0.05) is 12.2 Å². The van der Waals surface area contributed by atoms with Crippen molar-refractivity contribution in [3.8, 4) is 0 Å². The Morgan fingerprint density at radius 2 is 1.62 bits per heavy atom. The second kappa shape index (κ2) is 6.51. The molecule has 0 aliphatic rings. The smallest absolute Gasteiger partial charge is 0.335 e. The van der Waals surface area contributed by atoms with Crippen LogP contribution in [0.2, 0.25) is 0 Å². The number of carboxylic acid groups (broad SMARTS) is 1. The van der Waals surface area contributed by atoms with Crippen molar-refractivity contribution in [3.05, 3.63) is 65.5 Å². The van der Waals surface area contributed by atoms with Crippen LogP contribution in [-0.2, 0) is 6.54 Å². The van der Waals surface area contributed by atoms with Crippen LogP contribution < -0.4 is 10.6 Å². The number of hydrogen-bond acceptors (Lipinski definition) is 2. The Kier molecular flexibility index (Phi) is 4.50. The maximum atomic E-state index is 12.7. The molecule has 21 heavy (non-hydrogen) atoms. The van der Waals surface area contributed by atoms with Crippen molar-refractivity contribution in [1.82, 2.24) is 5.32 Å². The topological polar surface area (TPSA) is 78.4 Å². The summed E-state index contributed by atoms with van der Waals surface area (Å²) in [5.41, 5.74) is 1.44. The molecule has 3 N–H and O–H groups in total. The zero-order chi connectivity index (χ0) is 15.2. The number of rotatable bonds is 4. The largest absolute Gasteiger partial charge is 0.478 e. The van der Waals surface area contributed by atoms with Crippen molar-refractivity contribution in [1.29, 1.82) is 0 Å². The van der Waals surface area contributed by atoms with Gasteiger partial charge in [0.2, 0.25) is 0 Å². The van der Waals surface area contributed by atoms with Crippen molar-refractivity contribution in [2.45, 2.75) is 6.54 Å². The van der Waals surface area contributed by atoms with Gasteiger partial charge in [-0.3, -0.25) is 0 Å². The van der Waals surface area contributed by atoms with E-state index in [1.165, 1.54) is 36.4 Å². The molecule has 0 unspecified atom stereocenters. The number of nitrogens with one attached hydrogen (secondary N) is 2. The van der Waals surface area contributed by atoms with Crippen molar-refractivity contribution < 1.29 is 19.1 Å². The first kappa shape index (κ1) is 14.5. The van der Waals surface area contributed by atoms with Crippen LogP contribution in [0.3, 0.4) is 0 Å². The van der Waals surface area contributed by atoms with Gasteiger partial charge in [-0.15, -0.1) is 0 Å². The van der Waals surface area contributed by atoms with E-state index < -0.39 is 12.0 Å². The number of carboxylic acids is 1. The number of anilines is 1. The van der Waals surface area contributed by atoms with E-state index in [-0.39, 0.29) is 17.9 Å². The highest BCUT2D eigenvalue weighted by atomic mass is 19.1. The molecule has 0 bridgehead atoms. The molecule has 0 atom stereocenters. The quantitative estimate of drug-likeness (QED) is 0.809. The lowest BCUT2D eigenvalue weighted by Crippen LogP contribution is -2.28. The highest BCUT2D eigenvalue weighted by molar-refractivity contribution is 5.89. The molecule has 2 aromatic carbocycles. The number of urea groups is 1.